The smallest absolute Gasteiger partial charge is 0.412 e. The largest absolute Gasteiger partial charge is 0.490 e. The number of benzene rings is 2. The lowest BCUT2D eigenvalue weighted by atomic mass is 9.97. The number of nitrogens with zero attached hydrogens (tertiary/aromatic N) is 3. The van der Waals surface area contributed by atoms with E-state index in [1.54, 1.807) is 25.7 Å². The van der Waals surface area contributed by atoms with Crippen LogP contribution in [0.1, 0.15) is 52.7 Å². The van der Waals surface area contributed by atoms with Crippen LogP contribution in [0, 0.1) is 11.3 Å². The molecule has 0 unspecified atom stereocenters. The molecule has 3 heterocycles. The maximum absolute atomic E-state index is 12.7. The zero-order chi connectivity index (χ0) is 31.3. The molecule has 228 valence electrons. The van der Waals surface area contributed by atoms with Gasteiger partial charge in [-0.05, 0) is 59.2 Å². The molecule has 1 aromatic heterocycles. The fraction of sp³-hybridized carbons (Fsp3) is 0.452. The highest BCUT2D eigenvalue weighted by atomic mass is 35.5. The standard InChI is InChI=1S/C31H34Cl2N4O5S/c1-30(2,3)41-28(38)35-27-20(13-34)23-19(8-7-9-22(23)43-27)24-21(32)12-17-14-36-10-11-37(29(39)42-31(4,5)6)15-18(36)16-40-26(17)25(24)33/h7-9,12,18H,10-11,14-16H2,1-6H3,(H,35,38)/t18-/m0/s1. The molecule has 2 aliphatic rings. The quantitative estimate of drug-likeness (QED) is 0.302. The topological polar surface area (TPSA) is 104 Å². The van der Waals surface area contributed by atoms with E-state index in [1.165, 1.54) is 11.3 Å². The third kappa shape index (κ3) is 6.65. The Morgan fingerprint density at radius 1 is 1.12 bits per heavy atom. The highest BCUT2D eigenvalue weighted by Crippen LogP contribution is 2.49. The molecule has 0 spiro atoms. The first-order valence-electron chi connectivity index (χ1n) is 14.0. The van der Waals surface area contributed by atoms with Crippen LogP contribution in [0.5, 0.6) is 5.75 Å². The predicted octanol–water partition coefficient (Wildman–Crippen LogP) is 7.91. The lowest BCUT2D eigenvalue weighted by Gasteiger charge is -2.40. The van der Waals surface area contributed by atoms with Crippen molar-refractivity contribution >= 4 is 61.8 Å². The summed E-state index contributed by atoms with van der Waals surface area (Å²) in [6.07, 6.45) is -0.983. The molecule has 43 heavy (non-hydrogen) atoms. The van der Waals surface area contributed by atoms with E-state index in [2.05, 4.69) is 16.3 Å². The van der Waals surface area contributed by atoms with Crippen LogP contribution in [0.3, 0.4) is 0 Å². The summed E-state index contributed by atoms with van der Waals surface area (Å²) >= 11 is 15.3. The van der Waals surface area contributed by atoms with Crippen molar-refractivity contribution in [2.24, 2.45) is 0 Å². The second-order valence-corrected chi connectivity index (χ2v) is 14.5. The average Bonchev–Trinajstić information content (AvgIpc) is 3.13. The molecule has 12 heteroatoms. The zero-order valence-electron chi connectivity index (χ0n) is 25.0. The summed E-state index contributed by atoms with van der Waals surface area (Å²) in [5.74, 6) is 0.525. The Bertz CT molecular complexity index is 1640. The van der Waals surface area contributed by atoms with Crippen molar-refractivity contribution in [2.45, 2.75) is 65.3 Å². The molecule has 2 amide bonds. The van der Waals surface area contributed by atoms with Gasteiger partial charge in [-0.15, -0.1) is 11.3 Å². The number of carbonyl (C=O) groups excluding carboxylic acids is 2. The van der Waals surface area contributed by atoms with E-state index < -0.39 is 17.3 Å². The summed E-state index contributed by atoms with van der Waals surface area (Å²) in [6, 6.07) is 9.63. The molecule has 1 atom stereocenters. The minimum Gasteiger partial charge on any atom is -0.490 e. The third-order valence-electron chi connectivity index (χ3n) is 7.01. The van der Waals surface area contributed by atoms with Crippen LogP contribution in [0.2, 0.25) is 10.0 Å². The molecule has 1 fully saturated rings. The van der Waals surface area contributed by atoms with Crippen molar-refractivity contribution in [3.63, 3.8) is 0 Å². The van der Waals surface area contributed by atoms with Gasteiger partial charge in [0.1, 0.15) is 34.6 Å². The first-order valence-corrected chi connectivity index (χ1v) is 15.5. The van der Waals surface area contributed by atoms with Crippen molar-refractivity contribution in [3.05, 3.63) is 45.4 Å². The van der Waals surface area contributed by atoms with Crippen molar-refractivity contribution in [1.82, 2.24) is 9.80 Å². The lowest BCUT2D eigenvalue weighted by molar-refractivity contribution is -0.00155. The van der Waals surface area contributed by atoms with E-state index in [0.29, 0.717) is 75.7 Å². The molecule has 5 rings (SSSR count). The Labute approximate surface area is 265 Å². The third-order valence-corrected chi connectivity index (χ3v) is 8.74. The van der Waals surface area contributed by atoms with Gasteiger partial charge in [-0.1, -0.05) is 35.3 Å². The molecule has 9 nitrogen and oxygen atoms in total. The van der Waals surface area contributed by atoms with E-state index in [9.17, 15) is 14.9 Å². The van der Waals surface area contributed by atoms with Gasteiger partial charge >= 0.3 is 12.2 Å². The van der Waals surface area contributed by atoms with E-state index in [1.807, 2.05) is 45.0 Å². The zero-order valence-corrected chi connectivity index (χ0v) is 27.3. The van der Waals surface area contributed by atoms with Gasteiger partial charge in [0.25, 0.3) is 0 Å². The number of nitriles is 1. The van der Waals surface area contributed by atoms with Gasteiger partial charge in [-0.3, -0.25) is 10.2 Å². The summed E-state index contributed by atoms with van der Waals surface area (Å²) in [7, 11) is 0. The first kappa shape index (κ1) is 31.2. The van der Waals surface area contributed by atoms with Gasteiger partial charge in [-0.2, -0.15) is 5.26 Å². The number of nitrogens with one attached hydrogen (secondary N) is 1. The fourth-order valence-electron chi connectivity index (χ4n) is 5.27. The van der Waals surface area contributed by atoms with Crippen LogP contribution < -0.4 is 10.1 Å². The van der Waals surface area contributed by atoms with Gasteiger partial charge in [-0.25, -0.2) is 9.59 Å². The molecular weight excluding hydrogens is 611 g/mol. The number of carbonyl (C=O) groups is 2. The molecule has 2 aromatic carbocycles. The summed E-state index contributed by atoms with van der Waals surface area (Å²) in [5.41, 5.74) is 1.07. The fourth-order valence-corrected chi connectivity index (χ4v) is 7.09. The van der Waals surface area contributed by atoms with E-state index in [-0.39, 0.29) is 12.1 Å². The SMILES string of the molecule is CC(C)(C)OC(=O)Nc1sc2cccc(-c3c(Cl)cc4c(c3Cl)OC[C@@H]3CN(C(=O)OC(C)(C)C)CCN3C4)c2c1C#N. The second kappa shape index (κ2) is 11.7. The summed E-state index contributed by atoms with van der Waals surface area (Å²) in [4.78, 5) is 29.2. The number of hydrogen-bond acceptors (Lipinski definition) is 8. The number of rotatable bonds is 2. The molecule has 2 aliphatic heterocycles. The average molecular weight is 646 g/mol. The number of ether oxygens (including phenoxy) is 3. The highest BCUT2D eigenvalue weighted by molar-refractivity contribution is 7.23. The van der Waals surface area contributed by atoms with Crippen LogP contribution in [-0.4, -0.2) is 65.5 Å². The van der Waals surface area contributed by atoms with Gasteiger partial charge < -0.3 is 19.1 Å². The monoisotopic (exact) mass is 644 g/mol. The molecule has 0 radical (unpaired) electrons. The number of amides is 2. The molecule has 1 N–H and O–H groups in total. The van der Waals surface area contributed by atoms with Crippen molar-refractivity contribution in [3.8, 4) is 22.9 Å². The van der Waals surface area contributed by atoms with Gasteiger partial charge in [0.2, 0.25) is 0 Å². The Balaban J connectivity index is 1.48. The van der Waals surface area contributed by atoms with Crippen molar-refractivity contribution < 1.29 is 23.8 Å². The number of fused-ring (bicyclic) bond motifs is 3. The molecule has 3 aromatic rings. The molecule has 0 saturated carbocycles. The summed E-state index contributed by atoms with van der Waals surface area (Å²) in [5, 5.41) is 14.7. The highest BCUT2D eigenvalue weighted by Gasteiger charge is 2.36. The summed E-state index contributed by atoms with van der Waals surface area (Å²) in [6.45, 7) is 13.4. The lowest BCUT2D eigenvalue weighted by Crippen LogP contribution is -2.56. The van der Waals surface area contributed by atoms with E-state index in [4.69, 9.17) is 37.4 Å². The number of halogens is 2. The minimum atomic E-state index is -0.691. The summed E-state index contributed by atoms with van der Waals surface area (Å²) < 4.78 is 18.1. The predicted molar refractivity (Wildman–Crippen MR) is 169 cm³/mol. The number of thiophene rings is 1. The van der Waals surface area contributed by atoms with E-state index in [0.717, 1.165) is 10.3 Å². The van der Waals surface area contributed by atoms with Crippen LogP contribution in [0.25, 0.3) is 21.2 Å². The normalized spacial score (nSPS) is 17.3. The molecular formula is C31H34Cl2N4O5S. The van der Waals surface area contributed by atoms with Gasteiger partial charge in [0, 0.05) is 47.4 Å². The molecule has 0 bridgehead atoms. The first-order chi connectivity index (χ1) is 20.1. The van der Waals surface area contributed by atoms with Crippen LogP contribution in [0.4, 0.5) is 14.6 Å². The second-order valence-electron chi connectivity index (χ2n) is 12.6. The Kier molecular flexibility index (Phi) is 8.49. The van der Waals surface area contributed by atoms with E-state index >= 15 is 0 Å². The minimum absolute atomic E-state index is 0.0565. The molecule has 1 saturated heterocycles. The van der Waals surface area contributed by atoms with Gasteiger partial charge in [0.05, 0.1) is 21.7 Å². The van der Waals surface area contributed by atoms with Crippen LogP contribution in [-0.2, 0) is 16.0 Å². The van der Waals surface area contributed by atoms with Crippen LogP contribution >= 0.6 is 34.5 Å². The van der Waals surface area contributed by atoms with Gasteiger partial charge in [0.15, 0.2) is 0 Å². The number of anilines is 1. The van der Waals surface area contributed by atoms with Crippen molar-refractivity contribution in [2.75, 3.05) is 31.6 Å². The Hall–Kier alpha value is -3.23. The van der Waals surface area contributed by atoms with Crippen molar-refractivity contribution in [1.29, 1.82) is 5.26 Å². The maximum atomic E-state index is 12.7. The number of piperazine rings is 1. The Morgan fingerprint density at radius 2 is 1.84 bits per heavy atom. The maximum Gasteiger partial charge on any atom is 0.412 e. The number of hydrogen-bond donors (Lipinski definition) is 1. The Morgan fingerprint density at radius 3 is 2.51 bits per heavy atom. The molecule has 0 aliphatic carbocycles. The van der Waals surface area contributed by atoms with Crippen LogP contribution in [0.15, 0.2) is 24.3 Å².